The zero-order valence-electron chi connectivity index (χ0n) is 22.8. The molecule has 5 nitrogen and oxygen atoms in total. The smallest absolute Gasteiger partial charge is 0.264 e. The molecular formula is C16H2F32O5S. The Balaban J connectivity index is 7.40. The number of ether oxygens (including phenoxy) is 2. The summed E-state index contributed by atoms with van der Waals surface area (Å²) in [6.45, 7) is -5.19. The van der Waals surface area contributed by atoms with Gasteiger partial charge in [0.05, 0.1) is 0 Å². The van der Waals surface area contributed by atoms with E-state index in [0.717, 1.165) is 9.47 Å². The second-order valence-corrected chi connectivity index (χ2v) is 10.9. The molecule has 0 aromatic heterocycles. The number of halogens is 32. The van der Waals surface area contributed by atoms with Gasteiger partial charge in [-0.1, -0.05) is 0 Å². The minimum absolute atomic E-state index is 0.795. The van der Waals surface area contributed by atoms with Crippen molar-refractivity contribution >= 4 is 10.1 Å². The molecule has 0 heterocycles. The molecular weight excluding hydrogens is 912 g/mol. The lowest BCUT2D eigenvalue weighted by molar-refractivity contribution is -0.562. The maximum atomic E-state index is 14.6. The van der Waals surface area contributed by atoms with Crippen molar-refractivity contribution in [3.05, 3.63) is 0 Å². The summed E-state index contributed by atoms with van der Waals surface area (Å²) in [5.74, 6) is -70.5. The van der Waals surface area contributed by atoms with E-state index in [2.05, 4.69) is 0 Å². The first-order chi connectivity index (χ1) is 22.6. The van der Waals surface area contributed by atoms with Crippen LogP contribution in [0.1, 0.15) is 0 Å². The Labute approximate surface area is 270 Å². The van der Waals surface area contributed by atoms with Gasteiger partial charge in [0.25, 0.3) is 0 Å². The van der Waals surface area contributed by atoms with Crippen molar-refractivity contribution in [2.75, 3.05) is 6.61 Å². The van der Waals surface area contributed by atoms with Gasteiger partial charge in [-0.2, -0.15) is 149 Å². The van der Waals surface area contributed by atoms with Gasteiger partial charge in [0, 0.05) is 0 Å². The molecule has 38 heteroatoms. The predicted octanol–water partition coefficient (Wildman–Crippen LogP) is 9.54. The summed E-state index contributed by atoms with van der Waals surface area (Å²) in [4.78, 5) is 0. The van der Waals surface area contributed by atoms with Crippen molar-refractivity contribution in [3.63, 3.8) is 0 Å². The van der Waals surface area contributed by atoms with E-state index >= 15 is 0 Å². The topological polar surface area (TPSA) is 61.8 Å². The van der Waals surface area contributed by atoms with Crippen LogP contribution in [0.25, 0.3) is 0 Å². The third-order valence-electron chi connectivity index (χ3n) is 5.43. The monoisotopic (exact) mass is 914 g/mol. The first-order valence-corrected chi connectivity index (χ1v) is 12.4. The highest BCUT2D eigenvalue weighted by Gasteiger charge is 2.92. The van der Waals surface area contributed by atoms with Gasteiger partial charge in [-0.3, -0.25) is 8.92 Å². The van der Waals surface area contributed by atoms with Crippen LogP contribution in [0.15, 0.2) is 0 Å². The Kier molecular flexibility index (Phi) is 12.5. The molecule has 0 radical (unpaired) electrons. The summed E-state index contributed by atoms with van der Waals surface area (Å²) < 4.78 is 446. The van der Waals surface area contributed by atoms with Crippen LogP contribution in [0.2, 0.25) is 0 Å². The molecule has 1 unspecified atom stereocenters. The second kappa shape index (κ2) is 13.1. The molecule has 0 aromatic rings. The molecule has 0 aliphatic carbocycles. The lowest BCUT2D eigenvalue weighted by Crippen LogP contribution is -2.73. The molecule has 0 aromatic carbocycles. The Bertz CT molecular complexity index is 1450. The largest absolute Gasteiger partial charge is 0.460 e. The van der Waals surface area contributed by atoms with E-state index < -0.39 is 106 Å². The third-order valence-corrected chi connectivity index (χ3v) is 6.74. The molecule has 54 heavy (non-hydrogen) atoms. The molecule has 326 valence electrons. The fraction of sp³-hybridized carbons (Fsp3) is 1.00. The summed E-state index contributed by atoms with van der Waals surface area (Å²) >= 11 is 0. The highest BCUT2D eigenvalue weighted by atomic mass is 32.2. The maximum Gasteiger partial charge on any atom is 0.460 e. The van der Waals surface area contributed by atoms with Crippen LogP contribution in [-0.4, -0.2) is 104 Å². The molecule has 1 atom stereocenters. The van der Waals surface area contributed by atoms with Gasteiger partial charge in [-0.05, 0) is 0 Å². The normalized spacial score (nSPS) is 17.9. The fourth-order valence-electron chi connectivity index (χ4n) is 2.46. The molecule has 0 N–H and O–H groups in total. The molecule has 0 saturated carbocycles. The number of hydrogen-bond acceptors (Lipinski definition) is 5. The van der Waals surface area contributed by atoms with Crippen LogP contribution < -0.4 is 0 Å². The van der Waals surface area contributed by atoms with Gasteiger partial charge in [-0.25, -0.2) is 4.74 Å². The van der Waals surface area contributed by atoms with E-state index in [1.807, 2.05) is 0 Å². The van der Waals surface area contributed by atoms with Crippen LogP contribution in [0.3, 0.4) is 0 Å². The van der Waals surface area contributed by atoms with Crippen LogP contribution in [0.5, 0.6) is 0 Å². The lowest BCUT2D eigenvalue weighted by Gasteiger charge is -2.43. The Morgan fingerprint density at radius 2 is 0.630 bits per heavy atom. The minimum Gasteiger partial charge on any atom is -0.264 e. The van der Waals surface area contributed by atoms with Gasteiger partial charge in [0.1, 0.15) is 6.61 Å². The third kappa shape index (κ3) is 7.54. The van der Waals surface area contributed by atoms with E-state index in [9.17, 15) is 149 Å². The average Bonchev–Trinajstić information content (AvgIpc) is 2.88. The van der Waals surface area contributed by atoms with Gasteiger partial charge >= 0.3 is 99.5 Å². The Morgan fingerprint density at radius 3 is 0.944 bits per heavy atom. The molecule has 0 spiro atoms. The van der Waals surface area contributed by atoms with Crippen LogP contribution in [-0.2, 0) is 23.8 Å². The summed E-state index contributed by atoms with van der Waals surface area (Å²) in [6, 6.07) is 0. The summed E-state index contributed by atoms with van der Waals surface area (Å²) in [5.41, 5.74) is 0. The molecule has 0 bridgehead atoms. The summed E-state index contributed by atoms with van der Waals surface area (Å²) in [7, 11) is -9.01. The second-order valence-electron chi connectivity index (χ2n) is 9.23. The number of rotatable bonds is 16. The van der Waals surface area contributed by atoms with Gasteiger partial charge < -0.3 is 0 Å². The van der Waals surface area contributed by atoms with Gasteiger partial charge in [0.15, 0.2) is 0 Å². The average molecular weight is 914 g/mol. The van der Waals surface area contributed by atoms with Gasteiger partial charge in [-0.15, -0.1) is 0 Å². The Morgan fingerprint density at radius 1 is 0.333 bits per heavy atom. The van der Waals surface area contributed by atoms with Crippen molar-refractivity contribution in [2.45, 2.75) is 89.4 Å². The number of hydrogen-bond donors (Lipinski definition) is 0. The van der Waals surface area contributed by atoms with E-state index in [1.165, 1.54) is 0 Å². The number of alkyl halides is 32. The molecule has 0 saturated heterocycles. The standard InChI is InChI=1S/C16H2F32O5S/c17-2(18,1-51-54(49,50)16(47,48)7(27,28)5(23,24)11(35,36)37)3(19,20)9(31,8(29,30)12(38,39)40)52-14(43,44)15(45,46)53-13(41,42)6(25,26)4(21,22)10(32,33)34/h1H2. The van der Waals surface area contributed by atoms with Crippen molar-refractivity contribution in [3.8, 4) is 0 Å². The zero-order valence-corrected chi connectivity index (χ0v) is 23.6. The van der Waals surface area contributed by atoms with Crippen LogP contribution >= 0.6 is 0 Å². The molecule has 0 aliphatic heterocycles. The predicted molar refractivity (Wildman–Crippen MR) is 93.5 cm³/mol. The highest BCUT2D eigenvalue weighted by molar-refractivity contribution is 7.87. The fourth-order valence-corrected chi connectivity index (χ4v) is 3.35. The van der Waals surface area contributed by atoms with Crippen molar-refractivity contribution in [1.29, 1.82) is 0 Å². The van der Waals surface area contributed by atoms with E-state index in [4.69, 9.17) is 0 Å². The first kappa shape index (κ1) is 51.6. The highest BCUT2D eigenvalue weighted by Crippen LogP contribution is 2.62. The summed E-state index contributed by atoms with van der Waals surface area (Å²) in [6.07, 6.45) is -51.4. The van der Waals surface area contributed by atoms with E-state index in [-0.39, 0.29) is 0 Å². The maximum absolute atomic E-state index is 14.6. The van der Waals surface area contributed by atoms with Crippen LogP contribution in [0, 0.1) is 0 Å². The first-order valence-electron chi connectivity index (χ1n) is 11.0. The molecule has 0 fully saturated rings. The van der Waals surface area contributed by atoms with E-state index in [0.29, 0.717) is 0 Å². The van der Waals surface area contributed by atoms with Crippen LogP contribution in [0.4, 0.5) is 140 Å². The van der Waals surface area contributed by atoms with Crippen molar-refractivity contribution in [2.24, 2.45) is 0 Å². The molecule has 0 rings (SSSR count). The summed E-state index contributed by atoms with van der Waals surface area (Å²) in [5, 5.41) is -8.45. The molecule has 0 aliphatic rings. The van der Waals surface area contributed by atoms with E-state index in [1.54, 1.807) is 4.18 Å². The zero-order chi connectivity index (χ0) is 44.8. The van der Waals surface area contributed by atoms with Crippen molar-refractivity contribution in [1.82, 2.24) is 0 Å². The van der Waals surface area contributed by atoms with Crippen molar-refractivity contribution < 1.29 is 163 Å². The minimum atomic E-state index is -9.45. The van der Waals surface area contributed by atoms with Gasteiger partial charge in [0.2, 0.25) is 0 Å². The quantitative estimate of drug-likeness (QED) is 0.114. The SMILES string of the molecule is O=S(=O)(OCC(F)(F)C(F)(F)C(F)(OC(F)(F)C(F)(F)OC(F)(F)C(F)(F)C(F)(F)C(F)(F)F)C(F)(F)C(F)(F)F)C(F)(F)C(F)(F)C(F)(F)C(F)(F)F. The molecule has 0 amide bonds. The lowest BCUT2D eigenvalue weighted by atomic mass is 9.96. The Hall–Kier alpha value is -2.41.